The van der Waals surface area contributed by atoms with Crippen LogP contribution in [0.15, 0.2) is 48.6 Å². The normalized spacial score (nSPS) is 12.3. The highest BCUT2D eigenvalue weighted by Gasteiger charge is 2.19. The first-order valence-corrected chi connectivity index (χ1v) is 31.1. The molecule has 0 saturated carbocycles. The number of carbonyl (C=O) groups excluding carboxylic acids is 3. The fraction of sp³-hybridized carbons (Fsp3) is 0.831. The standard InChI is InChI=1S/C65H118O6/c1-4-7-10-13-16-19-22-25-28-30-31-32-33-35-37-40-43-46-49-52-55-58-64(67)70-61-62(60-69-63(66)57-54-51-48-45-42-39-36-27-24-21-18-15-12-9-6-3)71-65(68)59-56-53-50-47-44-41-38-34-29-26-23-20-17-14-11-8-5-2/h22,25-27,29-31,36,62H,4-21,23-24,28,32-35,37-61H2,1-3H3/b25-22-,29-26-,31-30-,36-27-. The minimum atomic E-state index is -0.780. The van der Waals surface area contributed by atoms with Crippen molar-refractivity contribution in [3.05, 3.63) is 48.6 Å². The van der Waals surface area contributed by atoms with Crippen LogP contribution in [0.1, 0.15) is 329 Å². The second kappa shape index (κ2) is 59.9. The summed E-state index contributed by atoms with van der Waals surface area (Å²) >= 11 is 0. The number of unbranched alkanes of at least 4 members (excludes halogenated alkanes) is 38. The maximum Gasteiger partial charge on any atom is 0.306 e. The fourth-order valence-corrected chi connectivity index (χ4v) is 9.05. The van der Waals surface area contributed by atoms with Crippen LogP contribution in [-0.4, -0.2) is 37.2 Å². The van der Waals surface area contributed by atoms with E-state index in [9.17, 15) is 14.4 Å². The van der Waals surface area contributed by atoms with E-state index < -0.39 is 6.10 Å². The van der Waals surface area contributed by atoms with Crippen LogP contribution >= 0.6 is 0 Å². The van der Waals surface area contributed by atoms with Gasteiger partial charge in [0.1, 0.15) is 13.2 Å². The van der Waals surface area contributed by atoms with E-state index in [1.54, 1.807) is 0 Å². The van der Waals surface area contributed by atoms with Gasteiger partial charge in [-0.25, -0.2) is 0 Å². The summed E-state index contributed by atoms with van der Waals surface area (Å²) in [5, 5.41) is 0. The average molecular weight is 996 g/mol. The van der Waals surface area contributed by atoms with Gasteiger partial charge < -0.3 is 14.2 Å². The van der Waals surface area contributed by atoms with E-state index in [2.05, 4.69) is 69.4 Å². The molecule has 0 heterocycles. The van der Waals surface area contributed by atoms with E-state index >= 15 is 0 Å². The van der Waals surface area contributed by atoms with Crippen molar-refractivity contribution < 1.29 is 28.6 Å². The Labute approximate surface area is 441 Å². The molecular weight excluding hydrogens is 877 g/mol. The Morgan fingerprint density at radius 3 is 0.789 bits per heavy atom. The van der Waals surface area contributed by atoms with E-state index in [0.29, 0.717) is 19.3 Å². The maximum absolute atomic E-state index is 12.9. The lowest BCUT2D eigenvalue weighted by atomic mass is 10.1. The number of allylic oxidation sites excluding steroid dienone is 8. The molecule has 0 aromatic rings. The highest BCUT2D eigenvalue weighted by Crippen LogP contribution is 2.16. The molecule has 1 unspecified atom stereocenters. The third-order valence-electron chi connectivity index (χ3n) is 13.8. The average Bonchev–Trinajstić information content (AvgIpc) is 3.37. The largest absolute Gasteiger partial charge is 0.462 e. The first-order chi connectivity index (χ1) is 35.0. The van der Waals surface area contributed by atoms with E-state index in [4.69, 9.17) is 14.2 Å². The first-order valence-electron chi connectivity index (χ1n) is 31.1. The molecule has 0 saturated heterocycles. The van der Waals surface area contributed by atoms with E-state index in [1.807, 2.05) is 0 Å². The molecule has 0 N–H and O–H groups in total. The molecule has 0 fully saturated rings. The zero-order valence-electron chi connectivity index (χ0n) is 47.5. The van der Waals surface area contributed by atoms with Crippen molar-refractivity contribution in [1.82, 2.24) is 0 Å². The Bertz CT molecular complexity index is 1230. The van der Waals surface area contributed by atoms with Crippen molar-refractivity contribution in [2.45, 2.75) is 335 Å². The quantitative estimate of drug-likeness (QED) is 0.0261. The number of esters is 3. The van der Waals surface area contributed by atoms with Crippen molar-refractivity contribution >= 4 is 17.9 Å². The van der Waals surface area contributed by atoms with Crippen molar-refractivity contribution in [2.24, 2.45) is 0 Å². The summed E-state index contributed by atoms with van der Waals surface area (Å²) in [5.74, 6) is -0.877. The Morgan fingerprint density at radius 2 is 0.507 bits per heavy atom. The summed E-state index contributed by atoms with van der Waals surface area (Å²) in [4.78, 5) is 38.3. The van der Waals surface area contributed by atoms with Gasteiger partial charge in [0.25, 0.3) is 0 Å². The molecule has 0 aromatic heterocycles. The van der Waals surface area contributed by atoms with Crippen molar-refractivity contribution in [2.75, 3.05) is 13.2 Å². The van der Waals surface area contributed by atoms with E-state index in [-0.39, 0.29) is 31.1 Å². The predicted octanol–water partition coefficient (Wildman–Crippen LogP) is 21.0. The van der Waals surface area contributed by atoms with Crippen LogP contribution in [0.4, 0.5) is 0 Å². The number of ether oxygens (including phenoxy) is 3. The van der Waals surface area contributed by atoms with Crippen molar-refractivity contribution in [3.63, 3.8) is 0 Å². The molecule has 1 atom stereocenters. The smallest absolute Gasteiger partial charge is 0.306 e. The van der Waals surface area contributed by atoms with Gasteiger partial charge in [0.2, 0.25) is 0 Å². The van der Waals surface area contributed by atoms with Gasteiger partial charge in [-0.3, -0.25) is 14.4 Å². The topological polar surface area (TPSA) is 78.9 Å². The lowest BCUT2D eigenvalue weighted by Crippen LogP contribution is -2.30. The molecule has 71 heavy (non-hydrogen) atoms. The molecule has 0 rings (SSSR count). The van der Waals surface area contributed by atoms with Crippen LogP contribution in [0.3, 0.4) is 0 Å². The lowest BCUT2D eigenvalue weighted by molar-refractivity contribution is -0.167. The van der Waals surface area contributed by atoms with E-state index in [0.717, 1.165) is 70.6 Å². The second-order valence-electron chi connectivity index (χ2n) is 21.0. The number of carbonyl (C=O) groups is 3. The zero-order valence-corrected chi connectivity index (χ0v) is 47.5. The summed E-state index contributed by atoms with van der Waals surface area (Å²) in [6.07, 6.45) is 73.9. The molecule has 0 amide bonds. The van der Waals surface area contributed by atoms with E-state index in [1.165, 1.54) is 218 Å². The summed E-state index contributed by atoms with van der Waals surface area (Å²) in [6.45, 7) is 6.65. The summed E-state index contributed by atoms with van der Waals surface area (Å²) in [7, 11) is 0. The van der Waals surface area contributed by atoms with Gasteiger partial charge in [-0.05, 0) is 103 Å². The SMILES string of the molecule is CCCCCCC/C=C\C/C=C\CCCCCCCCCCCC(=O)OCC(COC(=O)CCCCCCC/C=C\CCCCCCCC)OC(=O)CCCCCCCCC/C=C\CCCCCCCC. The summed E-state index contributed by atoms with van der Waals surface area (Å²) in [6, 6.07) is 0. The van der Waals surface area contributed by atoms with Gasteiger partial charge in [-0.1, -0.05) is 256 Å². The van der Waals surface area contributed by atoms with Crippen LogP contribution < -0.4 is 0 Å². The highest BCUT2D eigenvalue weighted by atomic mass is 16.6. The molecule has 6 heteroatoms. The molecule has 0 aromatic carbocycles. The van der Waals surface area contributed by atoms with Crippen molar-refractivity contribution in [3.8, 4) is 0 Å². The maximum atomic E-state index is 12.9. The van der Waals surface area contributed by atoms with Gasteiger partial charge in [0.05, 0.1) is 0 Å². The van der Waals surface area contributed by atoms with Crippen LogP contribution in [0.25, 0.3) is 0 Å². The first kappa shape index (κ1) is 68.4. The minimum absolute atomic E-state index is 0.0778. The molecule has 0 bridgehead atoms. The summed E-state index contributed by atoms with van der Waals surface area (Å²) in [5.41, 5.74) is 0. The monoisotopic (exact) mass is 995 g/mol. The predicted molar refractivity (Wildman–Crippen MR) is 307 cm³/mol. The molecule has 414 valence electrons. The van der Waals surface area contributed by atoms with Gasteiger partial charge in [-0.15, -0.1) is 0 Å². The Morgan fingerprint density at radius 1 is 0.282 bits per heavy atom. The van der Waals surface area contributed by atoms with Gasteiger partial charge >= 0.3 is 17.9 Å². The third kappa shape index (κ3) is 58.1. The highest BCUT2D eigenvalue weighted by molar-refractivity contribution is 5.71. The zero-order chi connectivity index (χ0) is 51.4. The van der Waals surface area contributed by atoms with Gasteiger partial charge in [0, 0.05) is 19.3 Å². The Kier molecular flexibility index (Phi) is 57.7. The second-order valence-corrected chi connectivity index (χ2v) is 21.0. The Balaban J connectivity index is 4.35. The van der Waals surface area contributed by atoms with Crippen molar-refractivity contribution in [1.29, 1.82) is 0 Å². The number of hydrogen-bond acceptors (Lipinski definition) is 6. The number of hydrogen-bond donors (Lipinski definition) is 0. The lowest BCUT2D eigenvalue weighted by Gasteiger charge is -2.18. The molecule has 6 nitrogen and oxygen atoms in total. The molecule has 0 radical (unpaired) electrons. The third-order valence-corrected chi connectivity index (χ3v) is 13.8. The molecule has 0 aliphatic rings. The van der Waals surface area contributed by atoms with Crippen LogP contribution in [0, 0.1) is 0 Å². The van der Waals surface area contributed by atoms with Crippen LogP contribution in [0.2, 0.25) is 0 Å². The molecule has 0 aliphatic carbocycles. The van der Waals surface area contributed by atoms with Crippen LogP contribution in [-0.2, 0) is 28.6 Å². The molecule has 0 aliphatic heterocycles. The molecule has 0 spiro atoms. The van der Waals surface area contributed by atoms with Gasteiger partial charge in [0.15, 0.2) is 6.10 Å². The Hall–Kier alpha value is -2.63. The fourth-order valence-electron chi connectivity index (χ4n) is 9.05. The number of rotatable bonds is 57. The van der Waals surface area contributed by atoms with Crippen LogP contribution in [0.5, 0.6) is 0 Å². The molecular formula is C65H118O6. The van der Waals surface area contributed by atoms with Gasteiger partial charge in [-0.2, -0.15) is 0 Å². The minimum Gasteiger partial charge on any atom is -0.462 e. The summed E-state index contributed by atoms with van der Waals surface area (Å²) < 4.78 is 16.9.